The monoisotopic (exact) mass is 297 g/mol. The van der Waals surface area contributed by atoms with Gasteiger partial charge in [-0.25, -0.2) is 4.99 Å². The molecule has 0 saturated carbocycles. The summed E-state index contributed by atoms with van der Waals surface area (Å²) in [6.45, 7) is 3.96. The number of aliphatic imine (C=N–C) groups is 1. The Hall–Kier alpha value is -2.69. The predicted octanol–water partition coefficient (Wildman–Crippen LogP) is 3.60. The molecule has 1 unspecified atom stereocenters. The van der Waals surface area contributed by atoms with Crippen LogP contribution in [0.4, 0.5) is 17.1 Å². The summed E-state index contributed by atoms with van der Waals surface area (Å²) in [5.74, 6) is 1.76. The van der Waals surface area contributed by atoms with Crippen molar-refractivity contribution in [2.45, 2.75) is 26.4 Å². The number of aryl methyl sites for hydroxylation is 1. The van der Waals surface area contributed by atoms with Crippen molar-refractivity contribution in [3.63, 3.8) is 0 Å². The smallest absolute Gasteiger partial charge is 0.156 e. The van der Waals surface area contributed by atoms with Gasteiger partial charge in [-0.15, -0.1) is 0 Å². The number of ether oxygens (including phenoxy) is 1. The van der Waals surface area contributed by atoms with Gasteiger partial charge in [0.25, 0.3) is 0 Å². The van der Waals surface area contributed by atoms with Gasteiger partial charge < -0.3 is 20.9 Å². The summed E-state index contributed by atoms with van der Waals surface area (Å²) < 4.78 is 5.99. The van der Waals surface area contributed by atoms with E-state index >= 15 is 0 Å². The van der Waals surface area contributed by atoms with Gasteiger partial charge in [-0.05, 0) is 55.3 Å². The van der Waals surface area contributed by atoms with Crippen molar-refractivity contribution in [2.75, 3.05) is 11.1 Å². The van der Waals surface area contributed by atoms with Crippen LogP contribution in [0.2, 0.25) is 0 Å². The molecule has 0 saturated heterocycles. The van der Waals surface area contributed by atoms with Crippen molar-refractivity contribution in [2.24, 2.45) is 4.99 Å². The third-order valence-electron chi connectivity index (χ3n) is 3.63. The van der Waals surface area contributed by atoms with Gasteiger partial charge in [0.15, 0.2) is 6.10 Å². The number of nitrogen functional groups attached to an aromatic ring is 1. The van der Waals surface area contributed by atoms with Crippen molar-refractivity contribution in [3.05, 3.63) is 42.0 Å². The van der Waals surface area contributed by atoms with Crippen LogP contribution in [0, 0.1) is 6.92 Å². The van der Waals surface area contributed by atoms with E-state index in [0.29, 0.717) is 5.69 Å². The molecule has 2 aromatic carbocycles. The highest BCUT2D eigenvalue weighted by atomic mass is 16.5. The van der Waals surface area contributed by atoms with Crippen LogP contribution in [-0.2, 0) is 0 Å². The second kappa shape index (κ2) is 5.60. The second-order valence-electron chi connectivity index (χ2n) is 5.36. The summed E-state index contributed by atoms with van der Waals surface area (Å²) in [5, 5.41) is 12.8. The van der Waals surface area contributed by atoms with Crippen LogP contribution in [0.15, 0.2) is 41.4 Å². The van der Waals surface area contributed by atoms with E-state index in [1.807, 2.05) is 32.0 Å². The Morgan fingerprint density at radius 2 is 2.09 bits per heavy atom. The lowest BCUT2D eigenvalue weighted by molar-refractivity contribution is 0.259. The van der Waals surface area contributed by atoms with Crippen molar-refractivity contribution >= 4 is 22.9 Å². The second-order valence-corrected chi connectivity index (χ2v) is 5.36. The van der Waals surface area contributed by atoms with Crippen LogP contribution in [-0.4, -0.2) is 17.0 Å². The highest BCUT2D eigenvalue weighted by Gasteiger charge is 2.24. The van der Waals surface area contributed by atoms with E-state index in [1.54, 1.807) is 18.2 Å². The Kier molecular flexibility index (Phi) is 3.63. The third kappa shape index (κ3) is 2.70. The molecule has 1 aliphatic heterocycles. The summed E-state index contributed by atoms with van der Waals surface area (Å²) in [4.78, 5) is 4.67. The zero-order valence-electron chi connectivity index (χ0n) is 12.6. The SMILES string of the molecule is CCC1Oc2ccc(N)cc2NC1=Nc1ccc(O)cc1C. The molecule has 5 heteroatoms. The van der Waals surface area contributed by atoms with Crippen molar-refractivity contribution in [3.8, 4) is 11.5 Å². The molecule has 5 nitrogen and oxygen atoms in total. The quantitative estimate of drug-likeness (QED) is 0.740. The van der Waals surface area contributed by atoms with E-state index in [-0.39, 0.29) is 11.9 Å². The lowest BCUT2D eigenvalue weighted by Crippen LogP contribution is -2.36. The summed E-state index contributed by atoms with van der Waals surface area (Å²) in [7, 11) is 0. The Morgan fingerprint density at radius 3 is 2.82 bits per heavy atom. The molecule has 2 aromatic rings. The fraction of sp³-hybridized carbons (Fsp3) is 0.235. The average molecular weight is 297 g/mol. The minimum atomic E-state index is -0.135. The molecular formula is C17H19N3O2. The Labute approximate surface area is 129 Å². The van der Waals surface area contributed by atoms with Crippen LogP contribution in [0.25, 0.3) is 0 Å². The highest BCUT2D eigenvalue weighted by molar-refractivity contribution is 6.03. The number of phenols is 1. The van der Waals surface area contributed by atoms with E-state index in [9.17, 15) is 5.11 Å². The van der Waals surface area contributed by atoms with Gasteiger partial charge in [0, 0.05) is 5.69 Å². The number of hydrogen-bond donors (Lipinski definition) is 3. The number of nitrogens with zero attached hydrogens (tertiary/aromatic N) is 1. The molecule has 4 N–H and O–H groups in total. The van der Waals surface area contributed by atoms with Crippen molar-refractivity contribution in [1.29, 1.82) is 0 Å². The van der Waals surface area contributed by atoms with Gasteiger partial charge in [0.05, 0.1) is 11.4 Å². The number of nitrogens with two attached hydrogens (primary N) is 1. The number of hydrogen-bond acceptors (Lipinski definition) is 4. The van der Waals surface area contributed by atoms with Crippen LogP contribution in [0.1, 0.15) is 18.9 Å². The number of aromatic hydroxyl groups is 1. The number of nitrogens with one attached hydrogen (secondary N) is 1. The van der Waals surface area contributed by atoms with Crippen molar-refractivity contribution in [1.82, 2.24) is 0 Å². The molecule has 3 rings (SSSR count). The molecule has 1 aliphatic rings. The lowest BCUT2D eigenvalue weighted by Gasteiger charge is -2.28. The lowest BCUT2D eigenvalue weighted by atomic mass is 10.1. The number of phenolic OH excluding ortho intramolecular Hbond substituents is 1. The molecule has 0 aromatic heterocycles. The number of anilines is 2. The molecule has 0 spiro atoms. The summed E-state index contributed by atoms with van der Waals surface area (Å²) in [6, 6.07) is 10.6. The maximum Gasteiger partial charge on any atom is 0.156 e. The molecule has 0 bridgehead atoms. The minimum Gasteiger partial charge on any atom is -0.508 e. The molecule has 0 amide bonds. The van der Waals surface area contributed by atoms with Crippen LogP contribution >= 0.6 is 0 Å². The number of rotatable bonds is 2. The molecule has 0 fully saturated rings. The molecule has 114 valence electrons. The third-order valence-corrected chi connectivity index (χ3v) is 3.63. The molecule has 22 heavy (non-hydrogen) atoms. The van der Waals surface area contributed by atoms with E-state index in [0.717, 1.165) is 34.9 Å². The molecular weight excluding hydrogens is 278 g/mol. The van der Waals surface area contributed by atoms with E-state index in [1.165, 1.54) is 0 Å². The zero-order chi connectivity index (χ0) is 15.7. The first-order valence-electron chi connectivity index (χ1n) is 7.28. The van der Waals surface area contributed by atoms with E-state index in [4.69, 9.17) is 10.5 Å². The molecule has 1 atom stereocenters. The molecule has 1 heterocycles. The first-order chi connectivity index (χ1) is 10.6. The van der Waals surface area contributed by atoms with Gasteiger partial charge in [0.2, 0.25) is 0 Å². The van der Waals surface area contributed by atoms with Gasteiger partial charge in [-0.1, -0.05) is 6.92 Å². The van der Waals surface area contributed by atoms with Crippen LogP contribution < -0.4 is 15.8 Å². The zero-order valence-corrected chi connectivity index (χ0v) is 12.6. The topological polar surface area (TPSA) is 79.9 Å². The minimum absolute atomic E-state index is 0.135. The normalized spacial score (nSPS) is 18.5. The largest absolute Gasteiger partial charge is 0.508 e. The maximum absolute atomic E-state index is 9.50. The fourth-order valence-electron chi connectivity index (χ4n) is 2.45. The van der Waals surface area contributed by atoms with Crippen LogP contribution in [0.3, 0.4) is 0 Å². The van der Waals surface area contributed by atoms with Gasteiger partial charge >= 0.3 is 0 Å². The molecule has 0 radical (unpaired) electrons. The van der Waals surface area contributed by atoms with Gasteiger partial charge in [-0.2, -0.15) is 0 Å². The molecule has 0 aliphatic carbocycles. The highest BCUT2D eigenvalue weighted by Crippen LogP contribution is 2.33. The van der Waals surface area contributed by atoms with Gasteiger partial charge in [-0.3, -0.25) is 0 Å². The Bertz CT molecular complexity index is 741. The Morgan fingerprint density at radius 1 is 1.27 bits per heavy atom. The summed E-state index contributed by atoms with van der Waals surface area (Å²) in [5.41, 5.74) is 9.02. The van der Waals surface area contributed by atoms with E-state index in [2.05, 4.69) is 10.3 Å². The Balaban J connectivity index is 2.00. The number of fused-ring (bicyclic) bond motifs is 1. The predicted molar refractivity (Wildman–Crippen MR) is 89.1 cm³/mol. The van der Waals surface area contributed by atoms with Crippen LogP contribution in [0.5, 0.6) is 11.5 Å². The first kappa shape index (κ1) is 14.3. The van der Waals surface area contributed by atoms with E-state index < -0.39 is 0 Å². The summed E-state index contributed by atoms with van der Waals surface area (Å²) >= 11 is 0. The number of amidine groups is 1. The standard InChI is InChI=1S/C17H19N3O2/c1-3-15-17(19-13-6-5-12(21)8-10(13)2)20-14-9-11(18)4-7-16(14)22-15/h4-9,15,21H,3,18H2,1-2H3,(H,19,20). The fourth-order valence-corrected chi connectivity index (χ4v) is 2.45. The number of benzene rings is 2. The average Bonchev–Trinajstić information content (AvgIpc) is 2.49. The van der Waals surface area contributed by atoms with Gasteiger partial charge in [0.1, 0.15) is 17.3 Å². The summed E-state index contributed by atoms with van der Waals surface area (Å²) in [6.07, 6.45) is 0.664. The first-order valence-corrected chi connectivity index (χ1v) is 7.28. The maximum atomic E-state index is 9.50. The van der Waals surface area contributed by atoms with Crippen molar-refractivity contribution < 1.29 is 9.84 Å².